The number of nitrogens with zero attached hydrogens (tertiary/aromatic N) is 1. The standard InChI is InChI=1S/C7H11N2O4P/c1-12-6-2-5(3-9-7(6)8)4-13-14(10)11/h2-3,14H,4H2,1H3,(H2,8,9)(H,10,11). The van der Waals surface area contributed by atoms with Gasteiger partial charge >= 0.3 is 8.25 Å². The Labute approximate surface area is 81.6 Å². The number of ether oxygens (including phenoxy) is 1. The molecular weight excluding hydrogens is 207 g/mol. The van der Waals surface area contributed by atoms with E-state index in [0.29, 0.717) is 11.3 Å². The molecule has 0 aliphatic carbocycles. The molecule has 6 nitrogen and oxygen atoms in total. The van der Waals surface area contributed by atoms with Crippen molar-refractivity contribution >= 4 is 14.1 Å². The summed E-state index contributed by atoms with van der Waals surface area (Å²) in [5, 5.41) is 0. The van der Waals surface area contributed by atoms with E-state index in [4.69, 9.17) is 15.4 Å². The van der Waals surface area contributed by atoms with E-state index in [9.17, 15) is 4.57 Å². The summed E-state index contributed by atoms with van der Waals surface area (Å²) < 4.78 is 19.7. The summed E-state index contributed by atoms with van der Waals surface area (Å²) in [6, 6.07) is 1.60. The second-order valence-corrected chi connectivity index (χ2v) is 3.31. The van der Waals surface area contributed by atoms with Gasteiger partial charge in [-0.2, -0.15) is 0 Å². The van der Waals surface area contributed by atoms with E-state index in [-0.39, 0.29) is 12.4 Å². The molecule has 0 fully saturated rings. The predicted octanol–water partition coefficient (Wildman–Crippen LogP) is 0.571. The SMILES string of the molecule is COc1cc(CO[PH](=O)O)cnc1N. The minimum absolute atomic E-state index is 0.0118. The Morgan fingerprint density at radius 1 is 1.71 bits per heavy atom. The average molecular weight is 218 g/mol. The van der Waals surface area contributed by atoms with Gasteiger partial charge in [-0.05, 0) is 6.07 Å². The van der Waals surface area contributed by atoms with Gasteiger partial charge in [-0.3, -0.25) is 4.57 Å². The number of pyridine rings is 1. The fourth-order valence-corrected chi connectivity index (χ4v) is 1.17. The van der Waals surface area contributed by atoms with Crippen molar-refractivity contribution in [3.63, 3.8) is 0 Å². The number of methoxy groups -OCH3 is 1. The minimum Gasteiger partial charge on any atom is -0.493 e. The summed E-state index contributed by atoms with van der Waals surface area (Å²) in [7, 11) is -1.45. The highest BCUT2D eigenvalue weighted by Crippen LogP contribution is 2.22. The molecule has 1 aromatic heterocycles. The topological polar surface area (TPSA) is 94.7 Å². The van der Waals surface area contributed by atoms with Crippen LogP contribution in [0.15, 0.2) is 12.3 Å². The first-order valence-electron chi connectivity index (χ1n) is 3.77. The third-order valence-electron chi connectivity index (χ3n) is 1.52. The Morgan fingerprint density at radius 3 is 3.00 bits per heavy atom. The lowest BCUT2D eigenvalue weighted by Gasteiger charge is -2.05. The molecule has 0 saturated heterocycles. The zero-order valence-corrected chi connectivity index (χ0v) is 8.56. The summed E-state index contributed by atoms with van der Waals surface area (Å²) >= 11 is 0. The van der Waals surface area contributed by atoms with E-state index in [1.54, 1.807) is 6.07 Å². The quantitative estimate of drug-likeness (QED) is 0.717. The Kier molecular flexibility index (Phi) is 3.88. The molecule has 0 bridgehead atoms. The van der Waals surface area contributed by atoms with Crippen LogP contribution in [0.3, 0.4) is 0 Å². The second kappa shape index (κ2) is 4.95. The van der Waals surface area contributed by atoms with Crippen molar-refractivity contribution in [3.8, 4) is 5.75 Å². The molecule has 0 saturated carbocycles. The summed E-state index contributed by atoms with van der Waals surface area (Å²) in [5.74, 6) is 0.691. The normalized spacial score (nSPS) is 12.4. The predicted molar refractivity (Wildman–Crippen MR) is 51.2 cm³/mol. The smallest absolute Gasteiger partial charge is 0.316 e. The molecule has 1 heterocycles. The Bertz CT molecular complexity index is 344. The van der Waals surface area contributed by atoms with Gasteiger partial charge in [0.05, 0.1) is 13.7 Å². The molecule has 1 unspecified atom stereocenters. The van der Waals surface area contributed by atoms with Gasteiger partial charge in [0.2, 0.25) is 0 Å². The molecule has 14 heavy (non-hydrogen) atoms. The molecule has 0 spiro atoms. The number of aromatic nitrogens is 1. The van der Waals surface area contributed by atoms with Crippen molar-refractivity contribution in [1.29, 1.82) is 0 Å². The van der Waals surface area contributed by atoms with Crippen molar-refractivity contribution in [2.24, 2.45) is 0 Å². The van der Waals surface area contributed by atoms with Crippen LogP contribution in [-0.2, 0) is 15.7 Å². The van der Waals surface area contributed by atoms with Gasteiger partial charge in [0, 0.05) is 11.8 Å². The van der Waals surface area contributed by atoms with Crippen LogP contribution in [0.2, 0.25) is 0 Å². The zero-order valence-electron chi connectivity index (χ0n) is 7.56. The van der Waals surface area contributed by atoms with E-state index >= 15 is 0 Å². The molecule has 0 radical (unpaired) electrons. The van der Waals surface area contributed by atoms with Gasteiger partial charge in [0.15, 0.2) is 11.6 Å². The largest absolute Gasteiger partial charge is 0.493 e. The van der Waals surface area contributed by atoms with E-state index in [1.807, 2.05) is 0 Å². The van der Waals surface area contributed by atoms with Gasteiger partial charge < -0.3 is 19.9 Å². The van der Waals surface area contributed by atoms with Crippen LogP contribution in [-0.4, -0.2) is 17.0 Å². The number of hydrogen-bond donors (Lipinski definition) is 2. The number of rotatable bonds is 4. The maximum absolute atomic E-state index is 10.3. The fourth-order valence-electron chi connectivity index (χ4n) is 0.883. The maximum atomic E-state index is 10.3. The number of nitrogen functional groups attached to an aromatic ring is 1. The van der Waals surface area contributed by atoms with Gasteiger partial charge in [0.1, 0.15) is 0 Å². The molecule has 0 aliphatic rings. The van der Waals surface area contributed by atoms with Crippen LogP contribution < -0.4 is 10.5 Å². The highest BCUT2D eigenvalue weighted by molar-refractivity contribution is 7.32. The molecule has 0 amide bonds. The summed E-state index contributed by atoms with van der Waals surface area (Å²) in [5.41, 5.74) is 6.10. The molecule has 0 aromatic carbocycles. The zero-order chi connectivity index (χ0) is 10.6. The van der Waals surface area contributed by atoms with E-state index in [0.717, 1.165) is 0 Å². The molecule has 1 aromatic rings. The van der Waals surface area contributed by atoms with E-state index in [1.165, 1.54) is 13.3 Å². The molecule has 78 valence electrons. The lowest BCUT2D eigenvalue weighted by Crippen LogP contribution is -1.97. The van der Waals surface area contributed by atoms with Crippen molar-refractivity contribution in [3.05, 3.63) is 17.8 Å². The van der Waals surface area contributed by atoms with Gasteiger partial charge in [-0.1, -0.05) is 0 Å². The summed E-state index contributed by atoms with van der Waals surface area (Å²) in [6.45, 7) is 0.0118. The van der Waals surface area contributed by atoms with Gasteiger partial charge in [-0.25, -0.2) is 4.98 Å². The van der Waals surface area contributed by atoms with Crippen molar-refractivity contribution in [1.82, 2.24) is 4.98 Å². The van der Waals surface area contributed by atoms with Gasteiger partial charge in [-0.15, -0.1) is 0 Å². The molecular formula is C7H11N2O4P. The Hall–Kier alpha value is -1.10. The van der Waals surface area contributed by atoms with Crippen LogP contribution in [0.25, 0.3) is 0 Å². The lowest BCUT2D eigenvalue weighted by molar-refractivity contribution is 0.271. The van der Waals surface area contributed by atoms with E-state index < -0.39 is 8.25 Å². The maximum Gasteiger partial charge on any atom is 0.316 e. The molecule has 7 heteroatoms. The van der Waals surface area contributed by atoms with Crippen LogP contribution in [0.4, 0.5) is 5.82 Å². The minimum atomic E-state index is -2.91. The Balaban J connectivity index is 2.74. The lowest BCUT2D eigenvalue weighted by atomic mass is 10.3. The van der Waals surface area contributed by atoms with Crippen LogP contribution in [0.5, 0.6) is 5.75 Å². The highest BCUT2D eigenvalue weighted by atomic mass is 31.1. The first kappa shape index (κ1) is 11.0. The first-order valence-corrected chi connectivity index (χ1v) is 5.04. The Morgan fingerprint density at radius 2 is 2.43 bits per heavy atom. The fraction of sp³-hybridized carbons (Fsp3) is 0.286. The monoisotopic (exact) mass is 218 g/mol. The van der Waals surface area contributed by atoms with Crippen molar-refractivity contribution in [2.75, 3.05) is 12.8 Å². The van der Waals surface area contributed by atoms with Gasteiger partial charge in [0.25, 0.3) is 0 Å². The number of nitrogens with two attached hydrogens (primary N) is 1. The molecule has 0 aliphatic heterocycles. The van der Waals surface area contributed by atoms with Crippen molar-refractivity contribution < 1.29 is 18.7 Å². The first-order chi connectivity index (χ1) is 6.63. The number of anilines is 1. The molecule has 3 N–H and O–H groups in total. The highest BCUT2D eigenvalue weighted by Gasteiger charge is 2.03. The summed E-state index contributed by atoms with van der Waals surface area (Å²) in [6.07, 6.45) is 1.46. The average Bonchev–Trinajstić information content (AvgIpc) is 2.16. The number of hydrogen-bond acceptors (Lipinski definition) is 5. The second-order valence-electron chi connectivity index (χ2n) is 2.49. The molecule has 1 rings (SSSR count). The van der Waals surface area contributed by atoms with Crippen LogP contribution in [0, 0.1) is 0 Å². The summed E-state index contributed by atoms with van der Waals surface area (Å²) in [4.78, 5) is 12.3. The van der Waals surface area contributed by atoms with Crippen molar-refractivity contribution in [2.45, 2.75) is 6.61 Å². The van der Waals surface area contributed by atoms with Crippen LogP contribution >= 0.6 is 8.25 Å². The molecule has 1 atom stereocenters. The third-order valence-corrected chi connectivity index (χ3v) is 1.91. The third kappa shape index (κ3) is 2.99. The van der Waals surface area contributed by atoms with Crippen LogP contribution in [0.1, 0.15) is 5.56 Å². The van der Waals surface area contributed by atoms with E-state index in [2.05, 4.69) is 9.51 Å².